The third-order valence-corrected chi connectivity index (χ3v) is 3.77. The first-order chi connectivity index (χ1) is 12.5. The van der Waals surface area contributed by atoms with E-state index in [9.17, 15) is 18.6 Å². The van der Waals surface area contributed by atoms with E-state index in [1.807, 2.05) is 6.92 Å². The summed E-state index contributed by atoms with van der Waals surface area (Å²) >= 11 is 0. The average molecular weight is 398 g/mol. The molecule has 0 radical (unpaired) electrons. The van der Waals surface area contributed by atoms with Crippen LogP contribution >= 0.6 is 0 Å². The number of nitrogens with two attached hydrogens (primary N) is 1. The molecule has 12 heteroatoms. The predicted octanol–water partition coefficient (Wildman–Crippen LogP) is 0.673. The van der Waals surface area contributed by atoms with E-state index in [0.717, 1.165) is 23.9 Å². The van der Waals surface area contributed by atoms with Crippen LogP contribution in [0, 0.1) is 6.92 Å². The van der Waals surface area contributed by atoms with Gasteiger partial charge in [-0.2, -0.15) is 13.5 Å². The van der Waals surface area contributed by atoms with Crippen LogP contribution in [-0.2, 0) is 10.1 Å². The fourth-order valence-electron chi connectivity index (χ4n) is 1.62. The van der Waals surface area contributed by atoms with Crippen molar-refractivity contribution in [3.63, 3.8) is 0 Å². The van der Waals surface area contributed by atoms with Gasteiger partial charge in [0.25, 0.3) is 10.1 Å². The predicted molar refractivity (Wildman–Crippen MR) is 96.6 cm³/mol. The van der Waals surface area contributed by atoms with Gasteiger partial charge in [0, 0.05) is 12.1 Å². The number of aromatic hydroxyl groups is 3. The van der Waals surface area contributed by atoms with Gasteiger partial charge in [0.05, 0.1) is 16.7 Å². The molecular weight excluding hydrogens is 380 g/mol. The Hall–Kier alpha value is -3.35. The molecule has 0 aliphatic carbocycles. The summed E-state index contributed by atoms with van der Waals surface area (Å²) in [6.07, 6.45) is 1.01. The van der Waals surface area contributed by atoms with E-state index in [2.05, 4.69) is 10.2 Å². The van der Waals surface area contributed by atoms with Crippen molar-refractivity contribution in [2.75, 3.05) is 0 Å². The maximum atomic E-state index is 10.5. The van der Waals surface area contributed by atoms with Crippen LogP contribution in [0.2, 0.25) is 0 Å². The zero-order valence-corrected chi connectivity index (χ0v) is 14.8. The van der Waals surface area contributed by atoms with E-state index in [1.165, 1.54) is 17.6 Å². The molecule has 146 valence electrons. The van der Waals surface area contributed by atoms with Crippen LogP contribution in [0.4, 0.5) is 0 Å². The first-order valence-electron chi connectivity index (χ1n) is 7.10. The molecule has 0 aliphatic heterocycles. The van der Waals surface area contributed by atoms with E-state index in [1.54, 1.807) is 12.1 Å². The third-order valence-electron chi connectivity index (χ3n) is 2.91. The van der Waals surface area contributed by atoms with E-state index < -0.39 is 10.1 Å². The van der Waals surface area contributed by atoms with E-state index in [-0.39, 0.29) is 33.7 Å². The van der Waals surface area contributed by atoms with Crippen LogP contribution in [0.15, 0.2) is 51.5 Å². The lowest BCUT2D eigenvalue weighted by Gasteiger charge is -2.02. The van der Waals surface area contributed by atoms with Gasteiger partial charge >= 0.3 is 0 Å². The van der Waals surface area contributed by atoms with Crippen molar-refractivity contribution in [1.29, 1.82) is 0 Å². The van der Waals surface area contributed by atoms with Gasteiger partial charge in [-0.1, -0.05) is 17.7 Å². The van der Waals surface area contributed by atoms with Crippen LogP contribution in [-0.4, -0.2) is 45.7 Å². The maximum Gasteiger partial charge on any atom is 0.294 e. The topological polar surface area (TPSA) is 198 Å². The first kappa shape index (κ1) is 21.7. The number of guanidine groups is 1. The molecule has 0 unspecified atom stereocenters. The molecule has 2 aromatic carbocycles. The molecular formula is C15H18N4O7S. The summed E-state index contributed by atoms with van der Waals surface area (Å²) in [6.45, 7) is 1.84. The van der Waals surface area contributed by atoms with Gasteiger partial charge in [-0.15, -0.1) is 5.10 Å². The lowest BCUT2D eigenvalue weighted by atomic mass is 10.2. The van der Waals surface area contributed by atoms with E-state index in [4.69, 9.17) is 20.6 Å². The molecule has 8 N–H and O–H groups in total. The van der Waals surface area contributed by atoms with Gasteiger partial charge in [-0.25, -0.2) is 5.48 Å². The molecule has 2 rings (SSSR count). The molecule has 11 nitrogen and oxygen atoms in total. The fraction of sp³-hybridized carbons (Fsp3) is 0.0667. The van der Waals surface area contributed by atoms with Gasteiger partial charge in [-0.05, 0) is 19.1 Å². The van der Waals surface area contributed by atoms with Crippen molar-refractivity contribution in [1.82, 2.24) is 5.48 Å². The van der Waals surface area contributed by atoms with Crippen molar-refractivity contribution in [3.05, 3.63) is 47.5 Å². The molecule has 0 spiro atoms. The third kappa shape index (κ3) is 7.19. The van der Waals surface area contributed by atoms with Crippen molar-refractivity contribution in [3.8, 4) is 17.2 Å². The molecule has 27 heavy (non-hydrogen) atoms. The molecule has 2 aromatic rings. The van der Waals surface area contributed by atoms with Gasteiger partial charge < -0.3 is 21.1 Å². The number of aryl methyl sites for hydroxylation is 1. The minimum absolute atomic E-state index is 0.0349. The second kappa shape index (κ2) is 9.38. The summed E-state index contributed by atoms with van der Waals surface area (Å²) in [5.74, 6) is -1.37. The highest BCUT2D eigenvalue weighted by Crippen LogP contribution is 2.30. The van der Waals surface area contributed by atoms with Gasteiger partial charge in [0.1, 0.15) is 17.2 Å². The highest BCUT2D eigenvalue weighted by Gasteiger charge is 2.07. The maximum absolute atomic E-state index is 10.5. The summed E-state index contributed by atoms with van der Waals surface area (Å²) in [5, 5.41) is 42.6. The van der Waals surface area contributed by atoms with Crippen molar-refractivity contribution in [2.24, 2.45) is 15.9 Å². The van der Waals surface area contributed by atoms with Crippen LogP contribution in [0.3, 0.4) is 0 Å². The largest absolute Gasteiger partial charge is 0.508 e. The Morgan fingerprint density at radius 3 is 2.07 bits per heavy atom. The number of rotatable bonds is 3. The summed E-state index contributed by atoms with van der Waals surface area (Å²) < 4.78 is 29.6. The van der Waals surface area contributed by atoms with Crippen LogP contribution in [0.1, 0.15) is 11.1 Å². The quantitative estimate of drug-likeness (QED) is 0.168. The number of benzene rings is 2. The van der Waals surface area contributed by atoms with Gasteiger partial charge in [0.2, 0.25) is 5.96 Å². The smallest absolute Gasteiger partial charge is 0.294 e. The molecule has 0 saturated heterocycles. The monoisotopic (exact) mass is 398 g/mol. The second-order valence-electron chi connectivity index (χ2n) is 5.03. The Bertz CT molecular complexity index is 918. The standard InChI is InChI=1S/C8H10N4O4.C7H8O3S/c9-8(12-16)11-10-3-5-6(14)1-4(13)2-7(5)15;1-6-2-4-7(5-3-6)11(8,9)10/h1-3,13-16H,(H3,9,11,12);2-5H,1H3,(H,8,9,10)/b10-3+;. The van der Waals surface area contributed by atoms with E-state index >= 15 is 0 Å². The SMILES string of the molecule is Cc1ccc(S(=O)(=O)O)cc1.NC(=N/N=C/c1c(O)cc(O)cc1O)NO. The Morgan fingerprint density at radius 1 is 1.11 bits per heavy atom. The van der Waals surface area contributed by atoms with Crippen molar-refractivity contribution < 1.29 is 33.5 Å². The fourth-order valence-corrected chi connectivity index (χ4v) is 2.10. The number of hydroxylamine groups is 1. The summed E-state index contributed by atoms with van der Waals surface area (Å²) in [4.78, 5) is -0.0666. The minimum Gasteiger partial charge on any atom is -0.508 e. The molecule has 0 aromatic heterocycles. The number of phenols is 3. The number of hydrogen-bond donors (Lipinski definition) is 7. The highest BCUT2D eigenvalue weighted by molar-refractivity contribution is 7.85. The molecule has 0 amide bonds. The summed E-state index contributed by atoms with van der Waals surface area (Å²) in [6, 6.07) is 8.04. The normalized spacial score (nSPS) is 11.7. The van der Waals surface area contributed by atoms with Gasteiger partial charge in [0.15, 0.2) is 0 Å². The molecule has 0 fully saturated rings. The zero-order chi connectivity index (χ0) is 20.6. The Balaban J connectivity index is 0.000000289. The minimum atomic E-state index is -4.02. The molecule has 0 saturated carbocycles. The number of nitrogens with one attached hydrogen (secondary N) is 1. The van der Waals surface area contributed by atoms with Crippen molar-refractivity contribution >= 4 is 22.3 Å². The van der Waals surface area contributed by atoms with Gasteiger partial charge in [-0.3, -0.25) is 9.76 Å². The molecule has 0 bridgehead atoms. The Morgan fingerprint density at radius 2 is 1.63 bits per heavy atom. The number of hydrogen-bond acceptors (Lipinski definition) is 8. The van der Waals surface area contributed by atoms with Crippen LogP contribution in [0.25, 0.3) is 0 Å². The Kier molecular flexibility index (Phi) is 7.53. The van der Waals surface area contributed by atoms with E-state index in [0.29, 0.717) is 0 Å². The lowest BCUT2D eigenvalue weighted by molar-refractivity contribution is 0.232. The highest BCUT2D eigenvalue weighted by atomic mass is 32.2. The number of nitrogens with zero attached hydrogens (tertiary/aromatic N) is 2. The molecule has 0 aliphatic rings. The molecule has 0 atom stereocenters. The van der Waals surface area contributed by atoms with Crippen LogP contribution < -0.4 is 11.2 Å². The number of phenolic OH excluding ortho intramolecular Hbond substituents is 3. The summed E-state index contributed by atoms with van der Waals surface area (Å²) in [5.41, 5.74) is 7.51. The zero-order valence-electron chi connectivity index (χ0n) is 14.0. The average Bonchev–Trinajstić information content (AvgIpc) is 2.57. The molecule has 0 heterocycles. The first-order valence-corrected chi connectivity index (χ1v) is 8.54. The second-order valence-corrected chi connectivity index (χ2v) is 6.45. The van der Waals surface area contributed by atoms with Crippen LogP contribution in [0.5, 0.6) is 17.2 Å². The Labute approximate surface area is 154 Å². The van der Waals surface area contributed by atoms with Crippen molar-refractivity contribution in [2.45, 2.75) is 11.8 Å². The lowest BCUT2D eigenvalue weighted by Crippen LogP contribution is -2.27. The summed E-state index contributed by atoms with van der Waals surface area (Å²) in [7, 11) is -4.02.